The van der Waals surface area contributed by atoms with Crippen LogP contribution in [0.4, 0.5) is 0 Å². The molecule has 0 aromatic heterocycles. The molecule has 0 aliphatic rings. The van der Waals surface area contributed by atoms with Gasteiger partial charge in [-0.2, -0.15) is 0 Å². The molecule has 0 aliphatic heterocycles. The molecule has 0 heterocycles. The average molecular weight is 180 g/mol. The topological polar surface area (TPSA) is 49.5 Å². The Morgan fingerprint density at radius 2 is 1.77 bits per heavy atom. The molecule has 13 heavy (non-hydrogen) atoms. The van der Waals surface area contributed by atoms with Crippen molar-refractivity contribution in [1.82, 2.24) is 5.01 Å². The van der Waals surface area contributed by atoms with Gasteiger partial charge in [-0.15, -0.1) is 0 Å². The summed E-state index contributed by atoms with van der Waals surface area (Å²) >= 11 is 0. The van der Waals surface area contributed by atoms with E-state index in [1.807, 2.05) is 33.0 Å². The molecule has 0 radical (unpaired) electrons. The van der Waals surface area contributed by atoms with Gasteiger partial charge < -0.3 is 5.11 Å². The molecule has 1 rings (SSSR count). The van der Waals surface area contributed by atoms with Crippen LogP contribution in [0.3, 0.4) is 0 Å². The van der Waals surface area contributed by atoms with Crippen molar-refractivity contribution in [3.05, 3.63) is 28.8 Å². The van der Waals surface area contributed by atoms with Gasteiger partial charge >= 0.3 is 0 Å². The maximum absolute atomic E-state index is 9.52. The molecule has 0 saturated carbocycles. The number of hydrazine groups is 1. The number of aryl methyl sites for hydroxylation is 2. The number of rotatable bonds is 2. The van der Waals surface area contributed by atoms with Crippen LogP contribution in [0, 0.1) is 13.8 Å². The molecule has 1 aromatic carbocycles. The fourth-order valence-corrected chi connectivity index (χ4v) is 1.42. The molecular weight excluding hydrogens is 164 g/mol. The number of benzene rings is 1. The van der Waals surface area contributed by atoms with E-state index in [0.29, 0.717) is 12.3 Å². The van der Waals surface area contributed by atoms with Gasteiger partial charge in [0.15, 0.2) is 0 Å². The van der Waals surface area contributed by atoms with Gasteiger partial charge in [0.05, 0.1) is 0 Å². The number of hydrogen-bond donors (Lipinski definition) is 2. The predicted octanol–water partition coefficient (Wildman–Crippen LogP) is 1.31. The first kappa shape index (κ1) is 10.0. The summed E-state index contributed by atoms with van der Waals surface area (Å²) in [7, 11) is 1.82. The van der Waals surface area contributed by atoms with Crippen LogP contribution in [-0.4, -0.2) is 17.2 Å². The van der Waals surface area contributed by atoms with Gasteiger partial charge in [0, 0.05) is 13.6 Å². The van der Waals surface area contributed by atoms with Crippen molar-refractivity contribution in [2.75, 3.05) is 7.05 Å². The van der Waals surface area contributed by atoms with E-state index in [-0.39, 0.29) is 0 Å². The Labute approximate surface area is 78.8 Å². The largest absolute Gasteiger partial charge is 0.507 e. The molecule has 1 aromatic rings. The van der Waals surface area contributed by atoms with Crippen LogP contribution in [0.1, 0.15) is 16.7 Å². The van der Waals surface area contributed by atoms with E-state index in [0.717, 1.165) is 16.7 Å². The Morgan fingerprint density at radius 3 is 2.15 bits per heavy atom. The zero-order chi connectivity index (χ0) is 10.0. The second kappa shape index (κ2) is 3.77. The number of nitrogens with two attached hydrogens (primary N) is 1. The van der Waals surface area contributed by atoms with E-state index in [1.165, 1.54) is 0 Å². The van der Waals surface area contributed by atoms with Crippen LogP contribution < -0.4 is 5.84 Å². The minimum absolute atomic E-state index is 0.378. The van der Waals surface area contributed by atoms with Crippen molar-refractivity contribution < 1.29 is 5.11 Å². The first-order chi connectivity index (χ1) is 6.00. The molecule has 0 unspecified atom stereocenters. The summed E-state index contributed by atoms with van der Waals surface area (Å²) in [6.45, 7) is 4.48. The normalized spacial score (nSPS) is 10.8. The standard InChI is InChI=1S/C10H16N2O/c1-7-4-9(6-12(3)11)5-8(2)10(7)13/h4-5,13H,6,11H2,1-3H3. The average Bonchev–Trinajstić information content (AvgIpc) is 1.98. The predicted molar refractivity (Wildman–Crippen MR) is 53.2 cm³/mol. The summed E-state index contributed by atoms with van der Waals surface area (Å²) in [6.07, 6.45) is 0. The Hall–Kier alpha value is -1.06. The second-order valence-electron chi connectivity index (χ2n) is 3.49. The highest BCUT2D eigenvalue weighted by Crippen LogP contribution is 2.22. The zero-order valence-electron chi connectivity index (χ0n) is 8.33. The second-order valence-corrected chi connectivity index (χ2v) is 3.49. The summed E-state index contributed by atoms with van der Waals surface area (Å²) < 4.78 is 0. The number of nitrogens with zero attached hydrogens (tertiary/aromatic N) is 1. The third-order valence-corrected chi connectivity index (χ3v) is 1.98. The zero-order valence-corrected chi connectivity index (χ0v) is 8.33. The monoisotopic (exact) mass is 180 g/mol. The molecule has 3 N–H and O–H groups in total. The lowest BCUT2D eigenvalue weighted by molar-refractivity contribution is 0.341. The summed E-state index contributed by atoms with van der Waals surface area (Å²) in [5.41, 5.74) is 2.92. The molecule has 0 aliphatic carbocycles. The minimum Gasteiger partial charge on any atom is -0.507 e. The first-order valence-corrected chi connectivity index (χ1v) is 4.25. The number of aromatic hydroxyl groups is 1. The van der Waals surface area contributed by atoms with Gasteiger partial charge in [-0.25, -0.2) is 5.01 Å². The van der Waals surface area contributed by atoms with Crippen molar-refractivity contribution in [2.45, 2.75) is 20.4 Å². The van der Waals surface area contributed by atoms with Crippen LogP contribution in [0.15, 0.2) is 12.1 Å². The minimum atomic E-state index is 0.378. The van der Waals surface area contributed by atoms with Crippen molar-refractivity contribution in [3.63, 3.8) is 0 Å². The highest BCUT2D eigenvalue weighted by Gasteiger charge is 2.03. The van der Waals surface area contributed by atoms with E-state index in [1.54, 1.807) is 5.01 Å². The first-order valence-electron chi connectivity index (χ1n) is 4.25. The van der Waals surface area contributed by atoms with Crippen LogP contribution in [0.2, 0.25) is 0 Å². The molecule has 0 spiro atoms. The van der Waals surface area contributed by atoms with Gasteiger partial charge in [0.2, 0.25) is 0 Å². The molecule has 3 heteroatoms. The summed E-state index contributed by atoms with van der Waals surface area (Å²) in [4.78, 5) is 0. The Bertz CT molecular complexity index is 285. The Kier molecular flexibility index (Phi) is 2.90. The summed E-state index contributed by atoms with van der Waals surface area (Å²) in [5.74, 6) is 5.91. The quantitative estimate of drug-likeness (QED) is 0.533. The molecule has 0 saturated heterocycles. The third-order valence-electron chi connectivity index (χ3n) is 1.98. The molecule has 0 fully saturated rings. The molecule has 72 valence electrons. The van der Waals surface area contributed by atoms with E-state index in [9.17, 15) is 5.11 Å². The van der Waals surface area contributed by atoms with Gasteiger partial charge in [-0.05, 0) is 30.5 Å². The number of phenolic OH excluding ortho intramolecular Hbond substituents is 1. The third kappa shape index (κ3) is 2.44. The Morgan fingerprint density at radius 1 is 1.31 bits per heavy atom. The summed E-state index contributed by atoms with van der Waals surface area (Å²) in [5, 5.41) is 11.1. The van der Waals surface area contributed by atoms with Gasteiger partial charge in [-0.1, -0.05) is 12.1 Å². The van der Waals surface area contributed by atoms with Crippen LogP contribution >= 0.6 is 0 Å². The fraction of sp³-hybridized carbons (Fsp3) is 0.400. The molecule has 3 nitrogen and oxygen atoms in total. The van der Waals surface area contributed by atoms with E-state index in [2.05, 4.69) is 0 Å². The van der Waals surface area contributed by atoms with Crippen molar-refractivity contribution in [2.24, 2.45) is 5.84 Å². The van der Waals surface area contributed by atoms with Gasteiger partial charge in [0.1, 0.15) is 5.75 Å². The van der Waals surface area contributed by atoms with Gasteiger partial charge in [-0.3, -0.25) is 5.84 Å². The van der Waals surface area contributed by atoms with E-state index in [4.69, 9.17) is 5.84 Å². The SMILES string of the molecule is Cc1cc(CN(C)N)cc(C)c1O. The van der Waals surface area contributed by atoms with Crippen molar-refractivity contribution in [1.29, 1.82) is 0 Å². The lowest BCUT2D eigenvalue weighted by Crippen LogP contribution is -2.25. The van der Waals surface area contributed by atoms with Crippen molar-refractivity contribution in [3.8, 4) is 5.75 Å². The molecular formula is C10H16N2O. The molecule has 0 amide bonds. The maximum Gasteiger partial charge on any atom is 0.121 e. The van der Waals surface area contributed by atoms with E-state index >= 15 is 0 Å². The van der Waals surface area contributed by atoms with Crippen molar-refractivity contribution >= 4 is 0 Å². The van der Waals surface area contributed by atoms with Crippen LogP contribution in [0.25, 0.3) is 0 Å². The fourth-order valence-electron chi connectivity index (χ4n) is 1.42. The molecule has 0 atom stereocenters. The highest BCUT2D eigenvalue weighted by molar-refractivity contribution is 5.42. The number of hydrogen-bond acceptors (Lipinski definition) is 3. The lowest BCUT2D eigenvalue weighted by Gasteiger charge is -2.12. The highest BCUT2D eigenvalue weighted by atomic mass is 16.3. The number of phenols is 1. The Balaban J connectivity index is 2.99. The van der Waals surface area contributed by atoms with Crippen LogP contribution in [0.5, 0.6) is 5.75 Å². The van der Waals surface area contributed by atoms with Gasteiger partial charge in [0.25, 0.3) is 0 Å². The molecule has 0 bridgehead atoms. The summed E-state index contributed by atoms with van der Waals surface area (Å²) in [6, 6.07) is 3.90. The van der Waals surface area contributed by atoms with Crippen LogP contribution in [-0.2, 0) is 6.54 Å². The smallest absolute Gasteiger partial charge is 0.121 e. The van der Waals surface area contributed by atoms with E-state index < -0.39 is 0 Å². The lowest BCUT2D eigenvalue weighted by atomic mass is 10.1. The maximum atomic E-state index is 9.52.